The summed E-state index contributed by atoms with van der Waals surface area (Å²) in [5, 5.41) is 7.98. The Morgan fingerprint density at radius 1 is 1.50 bits per heavy atom. The summed E-state index contributed by atoms with van der Waals surface area (Å²) < 4.78 is 2.77. The minimum Gasteiger partial charge on any atom is -0.304 e. The molecule has 0 saturated heterocycles. The van der Waals surface area contributed by atoms with Crippen LogP contribution in [0.25, 0.3) is 0 Å². The Morgan fingerprint density at radius 2 is 2.28 bits per heavy atom. The molecule has 1 N–H and O–H groups in total. The van der Waals surface area contributed by atoms with E-state index in [-0.39, 0.29) is 6.04 Å². The van der Waals surface area contributed by atoms with Crippen molar-refractivity contribution >= 4 is 22.9 Å². The van der Waals surface area contributed by atoms with Crippen molar-refractivity contribution in [2.45, 2.75) is 26.3 Å². The molecule has 5 heteroatoms. The zero-order valence-corrected chi connectivity index (χ0v) is 12.5. The minimum atomic E-state index is 0.175. The van der Waals surface area contributed by atoms with Gasteiger partial charge < -0.3 is 5.32 Å². The minimum absolute atomic E-state index is 0.175. The van der Waals surface area contributed by atoms with Crippen LogP contribution in [0.3, 0.4) is 0 Å². The van der Waals surface area contributed by atoms with E-state index < -0.39 is 0 Å². The van der Waals surface area contributed by atoms with Crippen LogP contribution in [-0.4, -0.2) is 16.3 Å². The molecule has 18 heavy (non-hydrogen) atoms. The van der Waals surface area contributed by atoms with Gasteiger partial charge in [0.25, 0.3) is 0 Å². The van der Waals surface area contributed by atoms with E-state index in [1.54, 1.807) is 11.3 Å². The average Bonchev–Trinajstić information content (AvgIpc) is 2.87. The molecule has 0 fully saturated rings. The summed E-state index contributed by atoms with van der Waals surface area (Å²) >= 11 is 7.66. The molecule has 2 rings (SSSR count). The Morgan fingerprint density at radius 3 is 2.78 bits per heavy atom. The van der Waals surface area contributed by atoms with Crippen LogP contribution in [0, 0.1) is 6.92 Å². The molecule has 98 valence electrons. The van der Waals surface area contributed by atoms with Gasteiger partial charge in [-0.1, -0.05) is 18.5 Å². The molecule has 1 atom stereocenters. The van der Waals surface area contributed by atoms with Crippen molar-refractivity contribution in [3.8, 4) is 0 Å². The lowest BCUT2D eigenvalue weighted by molar-refractivity contribution is 0.559. The summed E-state index contributed by atoms with van der Waals surface area (Å²) in [5.41, 5.74) is 2.22. The largest absolute Gasteiger partial charge is 0.304 e. The molecule has 1 unspecified atom stereocenters. The summed E-state index contributed by atoms with van der Waals surface area (Å²) in [6, 6.07) is 6.34. The van der Waals surface area contributed by atoms with Crippen molar-refractivity contribution < 1.29 is 0 Å². The average molecular weight is 284 g/mol. The van der Waals surface area contributed by atoms with E-state index in [1.807, 2.05) is 24.7 Å². The molecule has 0 amide bonds. The number of halogens is 1. The number of aryl methyl sites for hydroxylation is 2. The fourth-order valence-corrected chi connectivity index (χ4v) is 3.17. The van der Waals surface area contributed by atoms with Gasteiger partial charge in [0.1, 0.15) is 0 Å². The first kappa shape index (κ1) is 13.6. The highest BCUT2D eigenvalue weighted by Crippen LogP contribution is 2.31. The van der Waals surface area contributed by atoms with Gasteiger partial charge in [-0.3, -0.25) is 4.68 Å². The van der Waals surface area contributed by atoms with Crippen LogP contribution in [0.15, 0.2) is 18.2 Å². The van der Waals surface area contributed by atoms with Gasteiger partial charge in [-0.25, -0.2) is 0 Å². The van der Waals surface area contributed by atoms with Crippen molar-refractivity contribution in [1.82, 2.24) is 15.1 Å². The van der Waals surface area contributed by atoms with E-state index in [9.17, 15) is 0 Å². The van der Waals surface area contributed by atoms with Crippen molar-refractivity contribution in [3.63, 3.8) is 0 Å². The van der Waals surface area contributed by atoms with Crippen LogP contribution in [-0.2, 0) is 7.05 Å². The third-order valence-corrected chi connectivity index (χ3v) is 4.11. The maximum absolute atomic E-state index is 6.04. The van der Waals surface area contributed by atoms with Crippen molar-refractivity contribution in [1.29, 1.82) is 0 Å². The zero-order valence-electron chi connectivity index (χ0n) is 10.9. The highest BCUT2D eigenvalue weighted by molar-refractivity contribution is 7.16. The first-order valence-electron chi connectivity index (χ1n) is 6.11. The molecule has 0 aromatic carbocycles. The maximum Gasteiger partial charge on any atom is 0.0931 e. The molecule has 2 aromatic rings. The Hall–Kier alpha value is -0.840. The summed E-state index contributed by atoms with van der Waals surface area (Å²) in [5.74, 6) is 0. The summed E-state index contributed by atoms with van der Waals surface area (Å²) in [6.45, 7) is 5.16. The van der Waals surface area contributed by atoms with E-state index in [0.717, 1.165) is 23.0 Å². The van der Waals surface area contributed by atoms with Crippen LogP contribution in [0.2, 0.25) is 4.34 Å². The van der Waals surface area contributed by atoms with Crippen LogP contribution >= 0.6 is 22.9 Å². The summed E-state index contributed by atoms with van der Waals surface area (Å²) in [7, 11) is 1.98. The second-order valence-electron chi connectivity index (χ2n) is 4.36. The normalized spacial score (nSPS) is 12.9. The molecule has 0 aliphatic heterocycles. The Labute approximate surface area is 117 Å². The van der Waals surface area contributed by atoms with Crippen molar-refractivity contribution in [3.05, 3.63) is 38.8 Å². The number of rotatable bonds is 5. The Kier molecular flexibility index (Phi) is 4.43. The second kappa shape index (κ2) is 5.87. The lowest BCUT2D eigenvalue weighted by Crippen LogP contribution is -2.24. The number of hydrogen-bond donors (Lipinski definition) is 1. The van der Waals surface area contributed by atoms with E-state index in [2.05, 4.69) is 29.5 Å². The first-order chi connectivity index (χ1) is 8.61. The predicted octanol–water partition coefficient (Wildman–Crippen LogP) is 3.53. The maximum atomic E-state index is 6.04. The molecule has 0 saturated carbocycles. The van der Waals surface area contributed by atoms with Crippen molar-refractivity contribution in [2.75, 3.05) is 6.54 Å². The fraction of sp³-hybridized carbons (Fsp3) is 0.462. The summed E-state index contributed by atoms with van der Waals surface area (Å²) in [4.78, 5) is 1.23. The lowest BCUT2D eigenvalue weighted by Gasteiger charge is -2.17. The Balaban J connectivity index is 2.33. The van der Waals surface area contributed by atoms with Gasteiger partial charge in [-0.2, -0.15) is 5.10 Å². The van der Waals surface area contributed by atoms with Gasteiger partial charge in [0.2, 0.25) is 0 Å². The zero-order chi connectivity index (χ0) is 13.1. The van der Waals surface area contributed by atoms with E-state index >= 15 is 0 Å². The van der Waals surface area contributed by atoms with Crippen LogP contribution in [0.1, 0.15) is 35.7 Å². The molecular weight excluding hydrogens is 266 g/mol. The SMILES string of the molecule is CCCNC(c1ccc(Cl)s1)c1cc(C)nn1C. The molecule has 2 aromatic heterocycles. The molecular formula is C13H18ClN3S. The highest BCUT2D eigenvalue weighted by atomic mass is 35.5. The van der Waals surface area contributed by atoms with E-state index in [1.165, 1.54) is 10.6 Å². The number of thiophene rings is 1. The monoisotopic (exact) mass is 283 g/mol. The first-order valence-corrected chi connectivity index (χ1v) is 7.30. The van der Waals surface area contributed by atoms with E-state index in [0.29, 0.717) is 0 Å². The van der Waals surface area contributed by atoms with E-state index in [4.69, 9.17) is 11.6 Å². The highest BCUT2D eigenvalue weighted by Gasteiger charge is 2.19. The molecule has 0 bridgehead atoms. The number of hydrogen-bond acceptors (Lipinski definition) is 3. The van der Waals surface area contributed by atoms with Gasteiger partial charge in [-0.05, 0) is 38.1 Å². The molecule has 3 nitrogen and oxygen atoms in total. The smallest absolute Gasteiger partial charge is 0.0931 e. The third-order valence-electron chi connectivity index (χ3n) is 2.81. The quantitative estimate of drug-likeness (QED) is 0.910. The third kappa shape index (κ3) is 2.94. The molecule has 2 heterocycles. The molecule has 0 aliphatic rings. The Bertz CT molecular complexity index is 518. The second-order valence-corrected chi connectivity index (χ2v) is 6.11. The number of aromatic nitrogens is 2. The van der Waals surface area contributed by atoms with Gasteiger partial charge in [-0.15, -0.1) is 11.3 Å². The van der Waals surface area contributed by atoms with Crippen LogP contribution in [0.4, 0.5) is 0 Å². The van der Waals surface area contributed by atoms with Gasteiger partial charge in [0.15, 0.2) is 0 Å². The predicted molar refractivity (Wildman–Crippen MR) is 77.4 cm³/mol. The van der Waals surface area contributed by atoms with Crippen LogP contribution in [0.5, 0.6) is 0 Å². The topological polar surface area (TPSA) is 29.9 Å². The lowest BCUT2D eigenvalue weighted by atomic mass is 10.1. The molecule has 0 spiro atoms. The summed E-state index contributed by atoms with van der Waals surface area (Å²) in [6.07, 6.45) is 1.10. The fourth-order valence-electron chi connectivity index (χ4n) is 2.02. The van der Waals surface area contributed by atoms with Gasteiger partial charge in [0.05, 0.1) is 21.8 Å². The standard InChI is InChI=1S/C13H18ClN3S/c1-4-7-15-13(11-5-6-12(14)18-11)10-8-9(2)16-17(10)3/h5-6,8,13,15H,4,7H2,1-3H3. The molecule has 0 radical (unpaired) electrons. The van der Waals surface area contributed by atoms with Crippen LogP contribution < -0.4 is 5.32 Å². The van der Waals surface area contributed by atoms with Gasteiger partial charge in [0, 0.05) is 11.9 Å². The number of nitrogens with zero attached hydrogens (tertiary/aromatic N) is 2. The molecule has 0 aliphatic carbocycles. The number of nitrogens with one attached hydrogen (secondary N) is 1. The van der Waals surface area contributed by atoms with Gasteiger partial charge >= 0.3 is 0 Å². The van der Waals surface area contributed by atoms with Crippen molar-refractivity contribution in [2.24, 2.45) is 7.05 Å².